The number of rotatable bonds is 3. The van der Waals surface area contributed by atoms with Crippen molar-refractivity contribution in [2.24, 2.45) is 0 Å². The van der Waals surface area contributed by atoms with Gasteiger partial charge >= 0.3 is 5.97 Å². The minimum absolute atomic E-state index is 0.251. The summed E-state index contributed by atoms with van der Waals surface area (Å²) in [4.78, 5) is 11.6. The first-order valence-corrected chi connectivity index (χ1v) is 8.51. The third kappa shape index (κ3) is 2.96. The highest BCUT2D eigenvalue weighted by Gasteiger charge is 2.38. The third-order valence-electron chi connectivity index (χ3n) is 3.91. The van der Waals surface area contributed by atoms with E-state index in [2.05, 4.69) is 0 Å². The van der Waals surface area contributed by atoms with Crippen LogP contribution in [0.5, 0.6) is 0 Å². The maximum absolute atomic E-state index is 12.9. The van der Waals surface area contributed by atoms with Crippen molar-refractivity contribution in [2.75, 3.05) is 6.54 Å². The fourth-order valence-electron chi connectivity index (χ4n) is 3.13. The second kappa shape index (κ2) is 5.77. The summed E-state index contributed by atoms with van der Waals surface area (Å²) in [6.45, 7) is 5.70. The van der Waals surface area contributed by atoms with Crippen LogP contribution < -0.4 is 0 Å². The predicted octanol–water partition coefficient (Wildman–Crippen LogP) is 2.24. The molecule has 0 aromatic heterocycles. The van der Waals surface area contributed by atoms with E-state index in [0.29, 0.717) is 24.0 Å². The maximum atomic E-state index is 12.9. The van der Waals surface area contributed by atoms with E-state index in [9.17, 15) is 18.3 Å². The van der Waals surface area contributed by atoms with E-state index in [1.807, 2.05) is 19.1 Å². The zero-order chi connectivity index (χ0) is 15.8. The van der Waals surface area contributed by atoms with Crippen molar-refractivity contribution < 1.29 is 18.3 Å². The number of sulfonamides is 1. The number of aryl methyl sites for hydroxylation is 3. The van der Waals surface area contributed by atoms with E-state index >= 15 is 0 Å². The minimum atomic E-state index is -3.78. The third-order valence-corrected chi connectivity index (χ3v) is 6.12. The molecular formula is C15H21NO4S. The Labute approximate surface area is 125 Å². The Morgan fingerprint density at radius 2 is 1.76 bits per heavy atom. The van der Waals surface area contributed by atoms with Crippen LogP contribution in [-0.2, 0) is 14.8 Å². The van der Waals surface area contributed by atoms with E-state index in [0.717, 1.165) is 16.3 Å². The second-order valence-corrected chi connectivity index (χ2v) is 7.52. The molecular weight excluding hydrogens is 290 g/mol. The van der Waals surface area contributed by atoms with Crippen LogP contribution in [0.3, 0.4) is 0 Å². The van der Waals surface area contributed by atoms with Gasteiger partial charge in [-0.3, -0.25) is 4.79 Å². The fourth-order valence-corrected chi connectivity index (χ4v) is 5.20. The first kappa shape index (κ1) is 16.0. The van der Waals surface area contributed by atoms with E-state index in [1.54, 1.807) is 13.8 Å². The highest BCUT2D eigenvalue weighted by molar-refractivity contribution is 7.89. The number of carboxylic acid groups (broad SMARTS) is 1. The van der Waals surface area contributed by atoms with Gasteiger partial charge in [-0.25, -0.2) is 8.42 Å². The maximum Gasteiger partial charge on any atom is 0.322 e. The van der Waals surface area contributed by atoms with Crippen LogP contribution in [-0.4, -0.2) is 36.4 Å². The topological polar surface area (TPSA) is 74.7 Å². The van der Waals surface area contributed by atoms with Crippen LogP contribution in [0.25, 0.3) is 0 Å². The van der Waals surface area contributed by atoms with Gasteiger partial charge in [0.05, 0.1) is 4.90 Å². The van der Waals surface area contributed by atoms with Crippen molar-refractivity contribution in [1.29, 1.82) is 0 Å². The van der Waals surface area contributed by atoms with Gasteiger partial charge in [0.2, 0.25) is 10.0 Å². The summed E-state index contributed by atoms with van der Waals surface area (Å²) >= 11 is 0. The van der Waals surface area contributed by atoms with E-state index in [1.165, 1.54) is 0 Å². The lowest BCUT2D eigenvalue weighted by Crippen LogP contribution is -2.48. The number of piperidine rings is 1. The molecule has 1 aromatic rings. The summed E-state index contributed by atoms with van der Waals surface area (Å²) in [5, 5.41) is 9.30. The van der Waals surface area contributed by atoms with Crippen molar-refractivity contribution in [1.82, 2.24) is 4.31 Å². The van der Waals surface area contributed by atoms with Crippen molar-refractivity contribution in [3.05, 3.63) is 28.8 Å². The summed E-state index contributed by atoms with van der Waals surface area (Å²) in [7, 11) is -3.78. The monoisotopic (exact) mass is 311 g/mol. The van der Waals surface area contributed by atoms with Gasteiger partial charge in [-0.2, -0.15) is 4.31 Å². The van der Waals surface area contributed by atoms with Crippen LogP contribution >= 0.6 is 0 Å². The summed E-state index contributed by atoms with van der Waals surface area (Å²) in [5.74, 6) is -1.07. The van der Waals surface area contributed by atoms with Crippen LogP contribution in [0.15, 0.2) is 17.0 Å². The molecule has 116 valence electrons. The summed E-state index contributed by atoms with van der Waals surface area (Å²) in [6, 6.07) is 2.68. The van der Waals surface area contributed by atoms with Gasteiger partial charge in [-0.05, 0) is 51.2 Å². The minimum Gasteiger partial charge on any atom is -0.480 e. The Morgan fingerprint density at radius 3 is 2.29 bits per heavy atom. The van der Waals surface area contributed by atoms with Gasteiger partial charge in [-0.15, -0.1) is 0 Å². The molecule has 1 N–H and O–H groups in total. The van der Waals surface area contributed by atoms with Crippen molar-refractivity contribution in [3.63, 3.8) is 0 Å². The van der Waals surface area contributed by atoms with Crippen molar-refractivity contribution >= 4 is 16.0 Å². The standard InChI is InChI=1S/C15H21NO4S/c1-10-8-11(2)14(12(3)9-10)21(19,20)16-7-5-4-6-13(16)15(17)18/h8-9,13H,4-7H2,1-3H3,(H,17,18)/t13-/m1/s1. The quantitative estimate of drug-likeness (QED) is 0.929. The molecule has 0 amide bonds. The number of carboxylic acids is 1. The van der Waals surface area contributed by atoms with Crippen molar-refractivity contribution in [2.45, 2.75) is 51.0 Å². The molecule has 1 fully saturated rings. The molecule has 1 saturated heterocycles. The number of aliphatic carboxylic acids is 1. The van der Waals surface area contributed by atoms with Gasteiger partial charge < -0.3 is 5.11 Å². The molecule has 1 aliphatic rings. The first-order valence-electron chi connectivity index (χ1n) is 7.07. The Bertz CT molecular complexity index is 643. The Hall–Kier alpha value is -1.40. The molecule has 0 aliphatic carbocycles. The number of hydrogen-bond acceptors (Lipinski definition) is 3. The smallest absolute Gasteiger partial charge is 0.322 e. The molecule has 1 aromatic carbocycles. The average Bonchev–Trinajstić information content (AvgIpc) is 2.37. The van der Waals surface area contributed by atoms with Crippen LogP contribution in [0.2, 0.25) is 0 Å². The molecule has 0 unspecified atom stereocenters. The molecule has 6 heteroatoms. The molecule has 1 aliphatic heterocycles. The van der Waals surface area contributed by atoms with E-state index in [-0.39, 0.29) is 11.4 Å². The normalized spacial score (nSPS) is 20.4. The van der Waals surface area contributed by atoms with Gasteiger partial charge in [-0.1, -0.05) is 17.7 Å². The molecule has 0 spiro atoms. The number of carbonyl (C=O) groups is 1. The average molecular weight is 311 g/mol. The van der Waals surface area contributed by atoms with Crippen LogP contribution in [0.1, 0.15) is 36.0 Å². The van der Waals surface area contributed by atoms with Gasteiger partial charge in [0.25, 0.3) is 0 Å². The summed E-state index contributed by atoms with van der Waals surface area (Å²) < 4.78 is 27.0. The highest BCUT2D eigenvalue weighted by atomic mass is 32.2. The molecule has 1 heterocycles. The van der Waals surface area contributed by atoms with Crippen LogP contribution in [0, 0.1) is 20.8 Å². The fraction of sp³-hybridized carbons (Fsp3) is 0.533. The van der Waals surface area contributed by atoms with Gasteiger partial charge in [0.1, 0.15) is 6.04 Å². The lowest BCUT2D eigenvalue weighted by atomic mass is 10.1. The lowest BCUT2D eigenvalue weighted by Gasteiger charge is -2.32. The largest absolute Gasteiger partial charge is 0.480 e. The second-order valence-electron chi connectivity index (χ2n) is 5.69. The molecule has 0 radical (unpaired) electrons. The Balaban J connectivity index is 2.53. The molecule has 21 heavy (non-hydrogen) atoms. The Kier molecular flexibility index (Phi) is 4.39. The first-order chi connectivity index (χ1) is 9.75. The Morgan fingerprint density at radius 1 is 1.19 bits per heavy atom. The molecule has 5 nitrogen and oxygen atoms in total. The molecule has 2 rings (SSSR count). The highest BCUT2D eigenvalue weighted by Crippen LogP contribution is 2.30. The predicted molar refractivity (Wildman–Crippen MR) is 79.8 cm³/mol. The van der Waals surface area contributed by atoms with Crippen molar-refractivity contribution in [3.8, 4) is 0 Å². The van der Waals surface area contributed by atoms with Crippen LogP contribution in [0.4, 0.5) is 0 Å². The molecule has 0 saturated carbocycles. The molecule has 0 bridgehead atoms. The molecule has 1 atom stereocenters. The summed E-state index contributed by atoms with van der Waals surface area (Å²) in [5.41, 5.74) is 2.34. The zero-order valence-electron chi connectivity index (χ0n) is 12.6. The summed E-state index contributed by atoms with van der Waals surface area (Å²) in [6.07, 6.45) is 1.82. The van der Waals surface area contributed by atoms with E-state index < -0.39 is 22.0 Å². The zero-order valence-corrected chi connectivity index (χ0v) is 13.4. The number of benzene rings is 1. The van der Waals surface area contributed by atoms with Gasteiger partial charge in [0, 0.05) is 6.54 Å². The number of hydrogen-bond donors (Lipinski definition) is 1. The lowest BCUT2D eigenvalue weighted by molar-refractivity contribution is -0.142. The van der Waals surface area contributed by atoms with E-state index in [4.69, 9.17) is 0 Å². The van der Waals surface area contributed by atoms with Gasteiger partial charge in [0.15, 0.2) is 0 Å². The SMILES string of the molecule is Cc1cc(C)c(S(=O)(=O)N2CCCC[C@@H]2C(=O)O)c(C)c1. The number of nitrogens with zero attached hydrogens (tertiary/aromatic N) is 1.